The van der Waals surface area contributed by atoms with Crippen LogP contribution in [0, 0.1) is 5.41 Å². The number of hydrogen-bond acceptors (Lipinski definition) is 2. The molecule has 0 bridgehead atoms. The van der Waals surface area contributed by atoms with Crippen molar-refractivity contribution < 1.29 is 0 Å². The van der Waals surface area contributed by atoms with Gasteiger partial charge in [0.25, 0.3) is 0 Å². The van der Waals surface area contributed by atoms with Gasteiger partial charge in [0.2, 0.25) is 0 Å². The fraction of sp³-hybridized carbons (Fsp3) is 0.600. The van der Waals surface area contributed by atoms with Gasteiger partial charge >= 0.3 is 0 Å². The predicted octanol–water partition coefficient (Wildman–Crippen LogP) is 4.33. The molecule has 1 aromatic carbocycles. The zero-order valence-corrected chi connectivity index (χ0v) is 12.1. The van der Waals surface area contributed by atoms with Crippen LogP contribution in [0.15, 0.2) is 18.2 Å². The lowest BCUT2D eigenvalue weighted by molar-refractivity contribution is 0.199. The van der Waals surface area contributed by atoms with Gasteiger partial charge in [-0.15, -0.1) is 0 Å². The van der Waals surface area contributed by atoms with E-state index in [-0.39, 0.29) is 0 Å². The fourth-order valence-corrected chi connectivity index (χ4v) is 3.15. The summed E-state index contributed by atoms with van der Waals surface area (Å²) in [6.45, 7) is 6.80. The standard InChI is InChI=1S/C15H23ClN2/c1-3-15(4-2)8-10-18(11-9-15)13-7-5-6-12(16)14(13)17/h5-7H,3-4,8-11,17H2,1-2H3. The molecule has 1 aromatic rings. The molecule has 100 valence electrons. The van der Waals surface area contributed by atoms with Crippen LogP contribution in [0.5, 0.6) is 0 Å². The van der Waals surface area contributed by atoms with Gasteiger partial charge in [-0.3, -0.25) is 0 Å². The van der Waals surface area contributed by atoms with Crippen molar-refractivity contribution in [1.29, 1.82) is 0 Å². The highest BCUT2D eigenvalue weighted by Crippen LogP contribution is 2.40. The highest BCUT2D eigenvalue weighted by molar-refractivity contribution is 6.33. The molecular formula is C15H23ClN2. The van der Waals surface area contributed by atoms with E-state index in [0.29, 0.717) is 10.4 Å². The number of rotatable bonds is 3. The minimum Gasteiger partial charge on any atom is -0.396 e. The lowest BCUT2D eigenvalue weighted by Crippen LogP contribution is -2.39. The van der Waals surface area contributed by atoms with E-state index in [1.165, 1.54) is 25.7 Å². The van der Waals surface area contributed by atoms with E-state index in [0.717, 1.165) is 24.5 Å². The molecule has 1 fully saturated rings. The highest BCUT2D eigenvalue weighted by atomic mass is 35.5. The van der Waals surface area contributed by atoms with E-state index in [4.69, 9.17) is 17.3 Å². The summed E-state index contributed by atoms with van der Waals surface area (Å²) in [6.07, 6.45) is 5.07. The van der Waals surface area contributed by atoms with Crippen molar-refractivity contribution in [3.05, 3.63) is 23.2 Å². The first kappa shape index (κ1) is 13.5. The Balaban J connectivity index is 2.12. The quantitative estimate of drug-likeness (QED) is 0.825. The summed E-state index contributed by atoms with van der Waals surface area (Å²) in [6, 6.07) is 5.91. The Bertz CT molecular complexity index is 403. The molecule has 1 aliphatic heterocycles. The van der Waals surface area contributed by atoms with Gasteiger partial charge in [0.15, 0.2) is 0 Å². The molecule has 2 rings (SSSR count). The minimum atomic E-state index is 0.545. The first-order valence-electron chi connectivity index (χ1n) is 6.91. The number of para-hydroxylation sites is 1. The molecule has 2 N–H and O–H groups in total. The maximum absolute atomic E-state index is 6.09. The zero-order valence-electron chi connectivity index (χ0n) is 11.4. The molecule has 2 nitrogen and oxygen atoms in total. The first-order valence-corrected chi connectivity index (χ1v) is 7.28. The van der Waals surface area contributed by atoms with Gasteiger partial charge in [-0.05, 0) is 30.4 Å². The SMILES string of the molecule is CCC1(CC)CCN(c2cccc(Cl)c2N)CC1. The summed E-state index contributed by atoms with van der Waals surface area (Å²) < 4.78 is 0. The van der Waals surface area contributed by atoms with Crippen molar-refractivity contribution in [2.45, 2.75) is 39.5 Å². The van der Waals surface area contributed by atoms with Crippen molar-refractivity contribution in [3.63, 3.8) is 0 Å². The van der Waals surface area contributed by atoms with Crippen LogP contribution < -0.4 is 10.6 Å². The Morgan fingerprint density at radius 3 is 2.39 bits per heavy atom. The summed E-state index contributed by atoms with van der Waals surface area (Å²) in [5.74, 6) is 0. The molecule has 0 atom stereocenters. The molecule has 1 saturated heterocycles. The van der Waals surface area contributed by atoms with Crippen LogP contribution in [0.25, 0.3) is 0 Å². The lowest BCUT2D eigenvalue weighted by atomic mass is 9.74. The third kappa shape index (κ3) is 2.44. The summed E-state index contributed by atoms with van der Waals surface area (Å²) in [7, 11) is 0. The lowest BCUT2D eigenvalue weighted by Gasteiger charge is -2.42. The Morgan fingerprint density at radius 2 is 1.83 bits per heavy atom. The van der Waals surface area contributed by atoms with Crippen molar-refractivity contribution in [2.75, 3.05) is 23.7 Å². The number of anilines is 2. The molecule has 0 saturated carbocycles. The third-order valence-corrected chi connectivity index (χ3v) is 5.02. The molecule has 3 heteroatoms. The van der Waals surface area contributed by atoms with E-state index >= 15 is 0 Å². The second kappa shape index (κ2) is 5.40. The highest BCUT2D eigenvalue weighted by Gasteiger charge is 2.31. The molecule has 18 heavy (non-hydrogen) atoms. The average Bonchev–Trinajstić information content (AvgIpc) is 2.42. The second-order valence-electron chi connectivity index (χ2n) is 5.37. The van der Waals surface area contributed by atoms with Crippen LogP contribution in [0.2, 0.25) is 5.02 Å². The molecule has 0 radical (unpaired) electrons. The van der Waals surface area contributed by atoms with Crippen molar-refractivity contribution in [1.82, 2.24) is 0 Å². The molecule has 1 aliphatic rings. The fourth-order valence-electron chi connectivity index (χ4n) is 2.98. The Morgan fingerprint density at radius 1 is 1.22 bits per heavy atom. The summed E-state index contributed by atoms with van der Waals surface area (Å²) in [4.78, 5) is 2.38. The predicted molar refractivity (Wildman–Crippen MR) is 80.3 cm³/mol. The van der Waals surface area contributed by atoms with Gasteiger partial charge < -0.3 is 10.6 Å². The van der Waals surface area contributed by atoms with Gasteiger partial charge in [0, 0.05) is 13.1 Å². The van der Waals surface area contributed by atoms with Gasteiger partial charge in [0.05, 0.1) is 16.4 Å². The molecule has 0 aromatic heterocycles. The van der Waals surface area contributed by atoms with Crippen molar-refractivity contribution in [3.8, 4) is 0 Å². The summed E-state index contributed by atoms with van der Waals surface area (Å²) >= 11 is 6.09. The topological polar surface area (TPSA) is 29.3 Å². The van der Waals surface area contributed by atoms with E-state index in [1.54, 1.807) is 0 Å². The maximum Gasteiger partial charge on any atom is 0.0741 e. The molecular weight excluding hydrogens is 244 g/mol. The Kier molecular flexibility index (Phi) is 4.06. The number of piperidine rings is 1. The van der Waals surface area contributed by atoms with Crippen molar-refractivity contribution >= 4 is 23.0 Å². The van der Waals surface area contributed by atoms with Crippen LogP contribution in [-0.2, 0) is 0 Å². The number of nitrogens with zero attached hydrogens (tertiary/aromatic N) is 1. The molecule has 0 spiro atoms. The van der Waals surface area contributed by atoms with Crippen LogP contribution in [0.1, 0.15) is 39.5 Å². The molecule has 0 aliphatic carbocycles. The number of nitrogens with two attached hydrogens (primary N) is 1. The van der Waals surface area contributed by atoms with E-state index in [9.17, 15) is 0 Å². The zero-order chi connectivity index (χ0) is 13.2. The minimum absolute atomic E-state index is 0.545. The van der Waals surface area contributed by atoms with Gasteiger partial charge in [-0.2, -0.15) is 0 Å². The third-order valence-electron chi connectivity index (χ3n) is 4.69. The summed E-state index contributed by atoms with van der Waals surface area (Å²) in [5.41, 5.74) is 8.44. The molecule has 1 heterocycles. The second-order valence-corrected chi connectivity index (χ2v) is 5.77. The van der Waals surface area contributed by atoms with Crippen LogP contribution >= 0.6 is 11.6 Å². The van der Waals surface area contributed by atoms with E-state index in [2.05, 4.69) is 24.8 Å². The van der Waals surface area contributed by atoms with Crippen molar-refractivity contribution in [2.24, 2.45) is 5.41 Å². The number of nitrogen functional groups attached to an aromatic ring is 1. The van der Waals surface area contributed by atoms with Gasteiger partial charge in [0.1, 0.15) is 0 Å². The van der Waals surface area contributed by atoms with Crippen LogP contribution in [0.4, 0.5) is 11.4 Å². The van der Waals surface area contributed by atoms with Crippen LogP contribution in [0.3, 0.4) is 0 Å². The monoisotopic (exact) mass is 266 g/mol. The molecule has 0 unspecified atom stereocenters. The van der Waals surface area contributed by atoms with Gasteiger partial charge in [-0.25, -0.2) is 0 Å². The average molecular weight is 267 g/mol. The maximum atomic E-state index is 6.09. The van der Waals surface area contributed by atoms with Gasteiger partial charge in [-0.1, -0.05) is 44.4 Å². The Labute approximate surface area is 115 Å². The number of benzene rings is 1. The Hall–Kier alpha value is -0.890. The number of halogens is 1. The van der Waals surface area contributed by atoms with Crippen LogP contribution in [-0.4, -0.2) is 13.1 Å². The smallest absolute Gasteiger partial charge is 0.0741 e. The molecule has 0 amide bonds. The van der Waals surface area contributed by atoms with E-state index < -0.39 is 0 Å². The summed E-state index contributed by atoms with van der Waals surface area (Å²) in [5, 5.41) is 0.662. The largest absolute Gasteiger partial charge is 0.396 e. The normalized spacial score (nSPS) is 18.9. The first-order chi connectivity index (χ1) is 8.62. The number of hydrogen-bond donors (Lipinski definition) is 1. The van der Waals surface area contributed by atoms with E-state index in [1.807, 2.05) is 12.1 Å².